The van der Waals surface area contributed by atoms with Crippen LogP contribution in [-0.2, 0) is 22.3 Å². The zero-order valence-electron chi connectivity index (χ0n) is 9.02. The zero-order chi connectivity index (χ0) is 10.5. The van der Waals surface area contributed by atoms with Crippen molar-refractivity contribution in [3.8, 4) is 5.75 Å². The van der Waals surface area contributed by atoms with Gasteiger partial charge in [0.05, 0.1) is 18.8 Å². The van der Waals surface area contributed by atoms with E-state index in [1.54, 1.807) is 0 Å². The largest absolute Gasteiger partial charge is 0.490 e. The highest BCUT2D eigenvalue weighted by Crippen LogP contribution is 2.39. The lowest BCUT2D eigenvalue weighted by Gasteiger charge is -2.16. The summed E-state index contributed by atoms with van der Waals surface area (Å²) in [5, 5.41) is 0. The average molecular weight is 218 g/mol. The normalized spacial score (nSPS) is 33.9. The van der Waals surface area contributed by atoms with E-state index in [4.69, 9.17) is 14.2 Å². The van der Waals surface area contributed by atoms with Crippen LogP contribution in [0.4, 0.5) is 0 Å². The predicted octanol–water partition coefficient (Wildman–Crippen LogP) is 1.33. The van der Waals surface area contributed by atoms with Gasteiger partial charge in [-0.1, -0.05) is 12.1 Å². The second-order valence-electron chi connectivity index (χ2n) is 4.78. The van der Waals surface area contributed by atoms with Gasteiger partial charge >= 0.3 is 0 Å². The second kappa shape index (κ2) is 3.22. The summed E-state index contributed by atoms with van der Waals surface area (Å²) < 4.78 is 16.5. The number of fused-ring (bicyclic) bond motifs is 2. The molecule has 3 nitrogen and oxygen atoms in total. The number of hydrogen-bond donors (Lipinski definition) is 0. The van der Waals surface area contributed by atoms with Crippen molar-refractivity contribution in [2.45, 2.75) is 31.2 Å². The Morgan fingerprint density at radius 2 is 2.12 bits per heavy atom. The fourth-order valence-corrected chi connectivity index (χ4v) is 2.47. The van der Waals surface area contributed by atoms with E-state index < -0.39 is 0 Å². The second-order valence-corrected chi connectivity index (χ2v) is 4.78. The molecule has 0 bridgehead atoms. The maximum Gasteiger partial charge on any atom is 0.123 e. The number of hydrogen-bond acceptors (Lipinski definition) is 3. The number of ether oxygens (including phenoxy) is 3. The van der Waals surface area contributed by atoms with Gasteiger partial charge in [0.15, 0.2) is 0 Å². The maximum absolute atomic E-state index is 5.81. The molecule has 3 aliphatic rings. The van der Waals surface area contributed by atoms with Crippen molar-refractivity contribution in [1.82, 2.24) is 0 Å². The molecule has 3 heteroatoms. The quantitative estimate of drug-likeness (QED) is 0.718. The molecule has 0 saturated carbocycles. The molecular formula is C13H14O3. The Kier molecular flexibility index (Phi) is 1.81. The minimum Gasteiger partial charge on any atom is -0.490 e. The van der Waals surface area contributed by atoms with Crippen LogP contribution in [-0.4, -0.2) is 31.5 Å². The molecule has 4 rings (SSSR count). The maximum atomic E-state index is 5.81. The van der Waals surface area contributed by atoms with Crippen LogP contribution in [0.3, 0.4) is 0 Å². The molecule has 0 amide bonds. The van der Waals surface area contributed by atoms with E-state index in [0.717, 1.165) is 25.2 Å². The Labute approximate surface area is 94.3 Å². The number of benzene rings is 1. The SMILES string of the molecule is c1cc2c(c(OCC3CO3)c1)CC1OC1C2. The molecule has 3 atom stereocenters. The van der Waals surface area contributed by atoms with Gasteiger partial charge in [0.25, 0.3) is 0 Å². The van der Waals surface area contributed by atoms with Gasteiger partial charge in [-0.2, -0.15) is 0 Å². The minimum atomic E-state index is 0.323. The van der Waals surface area contributed by atoms with E-state index in [-0.39, 0.29) is 0 Å². The summed E-state index contributed by atoms with van der Waals surface area (Å²) in [7, 11) is 0. The Morgan fingerprint density at radius 1 is 1.25 bits per heavy atom. The van der Waals surface area contributed by atoms with E-state index in [1.807, 2.05) is 0 Å². The molecule has 1 aromatic carbocycles. The summed E-state index contributed by atoms with van der Waals surface area (Å²) in [6.07, 6.45) is 3.33. The van der Waals surface area contributed by atoms with Gasteiger partial charge in [-0.05, 0) is 11.6 Å². The van der Waals surface area contributed by atoms with Gasteiger partial charge < -0.3 is 14.2 Å². The van der Waals surface area contributed by atoms with Crippen LogP contribution in [0.15, 0.2) is 18.2 Å². The molecule has 0 spiro atoms. The van der Waals surface area contributed by atoms with Crippen molar-refractivity contribution >= 4 is 0 Å². The topological polar surface area (TPSA) is 34.3 Å². The molecule has 0 radical (unpaired) electrons. The van der Waals surface area contributed by atoms with E-state index in [1.165, 1.54) is 11.1 Å². The van der Waals surface area contributed by atoms with E-state index in [0.29, 0.717) is 24.9 Å². The van der Waals surface area contributed by atoms with E-state index >= 15 is 0 Å². The molecule has 84 valence electrons. The summed E-state index contributed by atoms with van der Waals surface area (Å²) in [5.74, 6) is 1.03. The third kappa shape index (κ3) is 1.51. The van der Waals surface area contributed by atoms with Crippen molar-refractivity contribution in [3.05, 3.63) is 29.3 Å². The molecule has 3 unspecified atom stereocenters. The molecule has 0 N–H and O–H groups in total. The first-order valence-corrected chi connectivity index (χ1v) is 5.91. The van der Waals surface area contributed by atoms with Crippen LogP contribution in [0.25, 0.3) is 0 Å². The first-order chi connectivity index (χ1) is 7.90. The minimum absolute atomic E-state index is 0.323. The molecule has 1 aromatic rings. The standard InChI is InChI=1S/C13H14O3/c1-2-8-4-12-13(16-12)5-10(8)11(3-1)15-7-9-6-14-9/h1-3,9,12-13H,4-7H2. The van der Waals surface area contributed by atoms with Crippen molar-refractivity contribution in [3.63, 3.8) is 0 Å². The van der Waals surface area contributed by atoms with Gasteiger partial charge in [-0.25, -0.2) is 0 Å². The summed E-state index contributed by atoms with van der Waals surface area (Å²) in [6, 6.07) is 6.32. The Hall–Kier alpha value is -1.06. The third-order valence-electron chi connectivity index (χ3n) is 3.57. The lowest BCUT2D eigenvalue weighted by Crippen LogP contribution is -2.14. The van der Waals surface area contributed by atoms with Gasteiger partial charge in [-0.3, -0.25) is 0 Å². The predicted molar refractivity (Wildman–Crippen MR) is 57.7 cm³/mol. The van der Waals surface area contributed by atoms with E-state index in [2.05, 4.69) is 18.2 Å². The monoisotopic (exact) mass is 218 g/mol. The molecule has 2 heterocycles. The number of epoxide rings is 2. The van der Waals surface area contributed by atoms with Crippen LogP contribution in [0.1, 0.15) is 11.1 Å². The average Bonchev–Trinajstić information content (AvgIpc) is 3.17. The Bertz CT molecular complexity index is 425. The van der Waals surface area contributed by atoms with Gasteiger partial charge in [0.2, 0.25) is 0 Å². The summed E-state index contributed by atoms with van der Waals surface area (Å²) in [4.78, 5) is 0. The van der Waals surface area contributed by atoms with Crippen molar-refractivity contribution in [2.75, 3.05) is 13.2 Å². The van der Waals surface area contributed by atoms with Crippen LogP contribution in [0.2, 0.25) is 0 Å². The Morgan fingerprint density at radius 3 is 3.00 bits per heavy atom. The first-order valence-electron chi connectivity index (χ1n) is 5.91. The fraction of sp³-hybridized carbons (Fsp3) is 0.538. The molecule has 2 aliphatic heterocycles. The van der Waals surface area contributed by atoms with Gasteiger partial charge in [0.1, 0.15) is 18.5 Å². The highest BCUT2D eigenvalue weighted by Gasteiger charge is 2.43. The first kappa shape index (κ1) is 9.02. The van der Waals surface area contributed by atoms with Crippen molar-refractivity contribution in [1.29, 1.82) is 0 Å². The molecule has 2 saturated heterocycles. The zero-order valence-corrected chi connectivity index (χ0v) is 9.02. The van der Waals surface area contributed by atoms with Crippen molar-refractivity contribution < 1.29 is 14.2 Å². The van der Waals surface area contributed by atoms with Crippen LogP contribution < -0.4 is 4.74 Å². The molecular weight excluding hydrogens is 204 g/mol. The summed E-state index contributed by atoms with van der Waals surface area (Å²) in [6.45, 7) is 1.54. The fourth-order valence-electron chi connectivity index (χ4n) is 2.47. The molecule has 1 aliphatic carbocycles. The molecule has 2 fully saturated rings. The van der Waals surface area contributed by atoms with Crippen LogP contribution in [0.5, 0.6) is 5.75 Å². The Balaban J connectivity index is 1.59. The van der Waals surface area contributed by atoms with Crippen LogP contribution in [0, 0.1) is 0 Å². The van der Waals surface area contributed by atoms with Gasteiger partial charge in [0, 0.05) is 18.4 Å². The van der Waals surface area contributed by atoms with Gasteiger partial charge in [-0.15, -0.1) is 0 Å². The number of rotatable bonds is 3. The highest BCUT2D eigenvalue weighted by atomic mass is 16.6. The lowest BCUT2D eigenvalue weighted by molar-refractivity contribution is 0.260. The third-order valence-corrected chi connectivity index (χ3v) is 3.57. The smallest absolute Gasteiger partial charge is 0.123 e. The summed E-state index contributed by atoms with van der Waals surface area (Å²) in [5.41, 5.74) is 2.75. The molecule has 16 heavy (non-hydrogen) atoms. The van der Waals surface area contributed by atoms with Crippen LogP contribution >= 0.6 is 0 Å². The van der Waals surface area contributed by atoms with Crippen molar-refractivity contribution in [2.24, 2.45) is 0 Å². The lowest BCUT2D eigenvalue weighted by atomic mass is 9.91. The summed E-state index contributed by atoms with van der Waals surface area (Å²) >= 11 is 0. The van der Waals surface area contributed by atoms with E-state index in [9.17, 15) is 0 Å². The molecule has 0 aromatic heterocycles. The highest BCUT2D eigenvalue weighted by molar-refractivity contribution is 5.44.